The van der Waals surface area contributed by atoms with Gasteiger partial charge in [-0.1, -0.05) is 6.92 Å². The van der Waals surface area contributed by atoms with Crippen LogP contribution in [-0.4, -0.2) is 48.6 Å². The van der Waals surface area contributed by atoms with Crippen LogP contribution in [0.25, 0.3) is 0 Å². The minimum atomic E-state index is 0.712. The molecule has 0 aromatic carbocycles. The Bertz CT molecular complexity index is 422. The second kappa shape index (κ2) is 6.16. The highest BCUT2D eigenvalue weighted by atomic mass is 15.3. The smallest absolute Gasteiger partial charge is 0.148 e. The summed E-state index contributed by atoms with van der Waals surface area (Å²) in [5.74, 6) is 7.93. The Morgan fingerprint density at radius 1 is 1.53 bits per heavy atom. The Morgan fingerprint density at radius 3 is 2.89 bits per heavy atom. The Kier molecular flexibility index (Phi) is 4.55. The number of rotatable bonds is 5. The molecule has 1 fully saturated rings. The van der Waals surface area contributed by atoms with Crippen molar-refractivity contribution in [1.82, 2.24) is 14.9 Å². The molecule has 0 aliphatic carbocycles. The number of hydrogen-bond donors (Lipinski definition) is 2. The Balaban J connectivity index is 2.12. The lowest BCUT2D eigenvalue weighted by atomic mass is 10.1. The minimum absolute atomic E-state index is 0.712. The number of hydrogen-bond acceptors (Lipinski definition) is 6. The van der Waals surface area contributed by atoms with Gasteiger partial charge in [-0.3, -0.25) is 0 Å². The minimum Gasteiger partial charge on any atom is -0.359 e. The van der Waals surface area contributed by atoms with Crippen LogP contribution < -0.4 is 16.2 Å². The van der Waals surface area contributed by atoms with E-state index in [1.54, 1.807) is 6.33 Å². The third-order valence-corrected chi connectivity index (χ3v) is 3.80. The largest absolute Gasteiger partial charge is 0.359 e. The van der Waals surface area contributed by atoms with E-state index in [0.29, 0.717) is 5.92 Å². The maximum Gasteiger partial charge on any atom is 0.148 e. The SMILES string of the molecule is CCc1c(NN)ncnc1N(C)CC1CCN(C)C1. The van der Waals surface area contributed by atoms with Crippen LogP contribution in [0.3, 0.4) is 0 Å². The summed E-state index contributed by atoms with van der Waals surface area (Å²) in [5.41, 5.74) is 3.74. The molecule has 0 saturated carbocycles. The zero-order chi connectivity index (χ0) is 13.8. The number of likely N-dealkylation sites (tertiary alicyclic amines) is 1. The molecular weight excluding hydrogens is 240 g/mol. The third-order valence-electron chi connectivity index (χ3n) is 3.80. The van der Waals surface area contributed by atoms with Gasteiger partial charge in [0.1, 0.15) is 18.0 Å². The topological polar surface area (TPSA) is 70.3 Å². The summed E-state index contributed by atoms with van der Waals surface area (Å²) in [6.45, 7) is 5.48. The number of nitrogens with zero attached hydrogens (tertiary/aromatic N) is 4. The highest BCUT2D eigenvalue weighted by molar-refractivity contribution is 5.57. The second-order valence-electron chi connectivity index (χ2n) is 5.32. The van der Waals surface area contributed by atoms with E-state index in [-0.39, 0.29) is 0 Å². The molecule has 2 rings (SSSR count). The van der Waals surface area contributed by atoms with Gasteiger partial charge in [0.15, 0.2) is 0 Å². The Hall–Kier alpha value is -1.40. The lowest BCUT2D eigenvalue weighted by Crippen LogP contribution is -2.29. The summed E-state index contributed by atoms with van der Waals surface area (Å²) in [6.07, 6.45) is 3.70. The van der Waals surface area contributed by atoms with Crippen molar-refractivity contribution in [3.05, 3.63) is 11.9 Å². The van der Waals surface area contributed by atoms with E-state index in [9.17, 15) is 0 Å². The van der Waals surface area contributed by atoms with Gasteiger partial charge in [0, 0.05) is 25.7 Å². The third kappa shape index (κ3) is 3.13. The molecule has 106 valence electrons. The molecule has 1 aliphatic rings. The van der Waals surface area contributed by atoms with E-state index in [4.69, 9.17) is 5.84 Å². The van der Waals surface area contributed by atoms with Gasteiger partial charge >= 0.3 is 0 Å². The second-order valence-corrected chi connectivity index (χ2v) is 5.32. The van der Waals surface area contributed by atoms with E-state index in [2.05, 4.69) is 46.2 Å². The molecule has 0 bridgehead atoms. The predicted molar refractivity (Wildman–Crippen MR) is 78.1 cm³/mol. The van der Waals surface area contributed by atoms with E-state index >= 15 is 0 Å². The van der Waals surface area contributed by atoms with Crippen molar-refractivity contribution in [3.8, 4) is 0 Å². The van der Waals surface area contributed by atoms with Gasteiger partial charge in [0.05, 0.1) is 0 Å². The Labute approximate surface area is 115 Å². The fourth-order valence-electron chi connectivity index (χ4n) is 2.83. The first kappa shape index (κ1) is 14.0. The van der Waals surface area contributed by atoms with Crippen molar-refractivity contribution in [3.63, 3.8) is 0 Å². The Morgan fingerprint density at radius 2 is 2.32 bits per heavy atom. The van der Waals surface area contributed by atoms with Crippen LogP contribution in [0.5, 0.6) is 0 Å². The van der Waals surface area contributed by atoms with Crippen molar-refractivity contribution in [2.24, 2.45) is 11.8 Å². The zero-order valence-electron chi connectivity index (χ0n) is 12.1. The molecule has 1 saturated heterocycles. The normalized spacial score (nSPS) is 19.7. The van der Waals surface area contributed by atoms with Crippen LogP contribution in [0.15, 0.2) is 6.33 Å². The van der Waals surface area contributed by atoms with E-state index in [0.717, 1.165) is 30.2 Å². The van der Waals surface area contributed by atoms with Crippen LogP contribution in [0.4, 0.5) is 11.6 Å². The highest BCUT2D eigenvalue weighted by Gasteiger charge is 2.22. The zero-order valence-corrected chi connectivity index (χ0v) is 12.1. The molecule has 6 nitrogen and oxygen atoms in total. The van der Waals surface area contributed by atoms with E-state index < -0.39 is 0 Å². The van der Waals surface area contributed by atoms with Gasteiger partial charge in [-0.2, -0.15) is 0 Å². The first-order valence-corrected chi connectivity index (χ1v) is 6.85. The molecule has 1 aromatic rings. The molecule has 3 N–H and O–H groups in total. The van der Waals surface area contributed by atoms with E-state index in [1.165, 1.54) is 19.5 Å². The van der Waals surface area contributed by atoms with Crippen LogP contribution >= 0.6 is 0 Å². The van der Waals surface area contributed by atoms with Crippen LogP contribution in [0.1, 0.15) is 18.9 Å². The number of nitrogen functional groups attached to an aromatic ring is 1. The maximum atomic E-state index is 5.51. The first-order valence-electron chi connectivity index (χ1n) is 6.85. The molecule has 2 heterocycles. The molecule has 0 radical (unpaired) electrons. The van der Waals surface area contributed by atoms with Crippen molar-refractivity contribution in [2.45, 2.75) is 19.8 Å². The summed E-state index contributed by atoms with van der Waals surface area (Å²) in [5, 5.41) is 0. The molecule has 1 unspecified atom stereocenters. The molecule has 1 aliphatic heterocycles. The lowest BCUT2D eigenvalue weighted by molar-refractivity contribution is 0.395. The number of anilines is 2. The van der Waals surface area contributed by atoms with Crippen LogP contribution in [-0.2, 0) is 6.42 Å². The van der Waals surface area contributed by atoms with Crippen LogP contribution in [0, 0.1) is 5.92 Å². The number of nitrogens with two attached hydrogens (primary N) is 1. The quantitative estimate of drug-likeness (QED) is 0.603. The van der Waals surface area contributed by atoms with Crippen LogP contribution in [0.2, 0.25) is 0 Å². The van der Waals surface area contributed by atoms with Crippen molar-refractivity contribution >= 4 is 11.6 Å². The molecule has 0 amide bonds. The number of nitrogens with one attached hydrogen (secondary N) is 1. The molecule has 1 atom stereocenters. The summed E-state index contributed by atoms with van der Waals surface area (Å²) in [6, 6.07) is 0. The summed E-state index contributed by atoms with van der Waals surface area (Å²) in [4.78, 5) is 13.2. The van der Waals surface area contributed by atoms with Gasteiger partial charge in [-0.15, -0.1) is 0 Å². The molecule has 0 spiro atoms. The molecule has 19 heavy (non-hydrogen) atoms. The summed E-state index contributed by atoms with van der Waals surface area (Å²) >= 11 is 0. The van der Waals surface area contributed by atoms with Crippen molar-refractivity contribution in [2.75, 3.05) is 44.1 Å². The van der Waals surface area contributed by atoms with Gasteiger partial charge in [0.25, 0.3) is 0 Å². The van der Waals surface area contributed by atoms with Gasteiger partial charge < -0.3 is 15.2 Å². The highest BCUT2D eigenvalue weighted by Crippen LogP contribution is 2.24. The standard InChI is InChI=1S/C13H24N6/c1-4-11-12(17-14)15-9-16-13(11)19(3)8-10-5-6-18(2)7-10/h9-10H,4-8,14H2,1-3H3,(H,15,16,17). The van der Waals surface area contributed by atoms with Gasteiger partial charge in [0.2, 0.25) is 0 Å². The maximum absolute atomic E-state index is 5.51. The average Bonchev–Trinajstić information content (AvgIpc) is 2.82. The number of aromatic nitrogens is 2. The van der Waals surface area contributed by atoms with Crippen molar-refractivity contribution in [1.29, 1.82) is 0 Å². The van der Waals surface area contributed by atoms with E-state index in [1.807, 2.05) is 0 Å². The summed E-state index contributed by atoms with van der Waals surface area (Å²) in [7, 11) is 4.28. The first-order chi connectivity index (χ1) is 9.15. The fraction of sp³-hybridized carbons (Fsp3) is 0.692. The lowest BCUT2D eigenvalue weighted by Gasteiger charge is -2.24. The van der Waals surface area contributed by atoms with Gasteiger partial charge in [-0.05, 0) is 32.4 Å². The molecular formula is C13H24N6. The van der Waals surface area contributed by atoms with Crippen molar-refractivity contribution < 1.29 is 0 Å². The molecule has 1 aromatic heterocycles. The fourth-order valence-corrected chi connectivity index (χ4v) is 2.83. The summed E-state index contributed by atoms with van der Waals surface area (Å²) < 4.78 is 0. The average molecular weight is 264 g/mol. The predicted octanol–water partition coefficient (Wildman–Crippen LogP) is 0.713. The monoisotopic (exact) mass is 264 g/mol. The van der Waals surface area contributed by atoms with Gasteiger partial charge in [-0.25, -0.2) is 15.8 Å². The number of hydrazine groups is 1. The molecule has 6 heteroatoms.